The number of hydrogen-bond acceptors (Lipinski definition) is 2. The SMILES string of the molecule is CCC(C)c1ccc(OCc2ccc(F)c(CN)c2)cc1. The zero-order valence-corrected chi connectivity index (χ0v) is 12.6. The first kappa shape index (κ1) is 15.5. The van der Waals surface area contributed by atoms with Crippen molar-refractivity contribution < 1.29 is 9.13 Å². The molecular formula is C18H22FNO. The second kappa shape index (κ2) is 7.23. The summed E-state index contributed by atoms with van der Waals surface area (Å²) in [4.78, 5) is 0. The van der Waals surface area contributed by atoms with Gasteiger partial charge in [-0.3, -0.25) is 0 Å². The average Bonchev–Trinajstić information content (AvgIpc) is 2.53. The standard InChI is InChI=1S/C18H22FNO/c1-3-13(2)15-5-7-17(8-6-15)21-12-14-4-9-18(19)16(10-14)11-20/h4-10,13H,3,11-12,20H2,1-2H3. The van der Waals surface area contributed by atoms with Crippen LogP contribution in [0.2, 0.25) is 0 Å². The molecule has 0 saturated carbocycles. The summed E-state index contributed by atoms with van der Waals surface area (Å²) in [6, 6.07) is 13.1. The molecule has 0 aliphatic carbocycles. The monoisotopic (exact) mass is 287 g/mol. The summed E-state index contributed by atoms with van der Waals surface area (Å²) >= 11 is 0. The molecule has 0 amide bonds. The van der Waals surface area contributed by atoms with Gasteiger partial charge in [-0.05, 0) is 47.7 Å². The molecule has 0 aliphatic rings. The Morgan fingerprint density at radius 2 is 1.86 bits per heavy atom. The summed E-state index contributed by atoms with van der Waals surface area (Å²) in [5.74, 6) is 1.11. The number of ether oxygens (including phenoxy) is 1. The maximum absolute atomic E-state index is 13.4. The van der Waals surface area contributed by atoms with Crippen LogP contribution in [0.5, 0.6) is 5.75 Å². The Hall–Kier alpha value is -1.87. The van der Waals surface area contributed by atoms with Crippen LogP contribution in [0.25, 0.3) is 0 Å². The molecule has 0 saturated heterocycles. The number of benzene rings is 2. The molecule has 112 valence electrons. The number of halogens is 1. The minimum absolute atomic E-state index is 0.198. The first-order valence-electron chi connectivity index (χ1n) is 7.34. The normalized spacial score (nSPS) is 12.2. The molecule has 0 bridgehead atoms. The van der Waals surface area contributed by atoms with E-state index in [1.54, 1.807) is 12.1 Å². The van der Waals surface area contributed by atoms with E-state index in [0.717, 1.165) is 17.7 Å². The molecule has 1 unspecified atom stereocenters. The van der Waals surface area contributed by atoms with Gasteiger partial charge in [0.05, 0.1) is 0 Å². The highest BCUT2D eigenvalue weighted by Crippen LogP contribution is 2.22. The van der Waals surface area contributed by atoms with E-state index < -0.39 is 0 Å². The third-order valence-corrected chi connectivity index (χ3v) is 3.80. The van der Waals surface area contributed by atoms with Crippen molar-refractivity contribution in [1.82, 2.24) is 0 Å². The highest BCUT2D eigenvalue weighted by Gasteiger charge is 2.05. The quantitative estimate of drug-likeness (QED) is 0.856. The molecule has 2 aromatic rings. The molecule has 0 aliphatic heterocycles. The lowest BCUT2D eigenvalue weighted by Crippen LogP contribution is -2.03. The smallest absolute Gasteiger partial charge is 0.127 e. The Balaban J connectivity index is 1.99. The molecule has 2 nitrogen and oxygen atoms in total. The lowest BCUT2D eigenvalue weighted by molar-refractivity contribution is 0.306. The van der Waals surface area contributed by atoms with E-state index in [2.05, 4.69) is 26.0 Å². The predicted molar refractivity (Wildman–Crippen MR) is 83.8 cm³/mol. The van der Waals surface area contributed by atoms with Gasteiger partial charge in [-0.2, -0.15) is 0 Å². The van der Waals surface area contributed by atoms with Gasteiger partial charge in [0.1, 0.15) is 18.2 Å². The maximum Gasteiger partial charge on any atom is 0.127 e. The van der Waals surface area contributed by atoms with Crippen molar-refractivity contribution in [2.24, 2.45) is 5.73 Å². The fraction of sp³-hybridized carbons (Fsp3) is 0.333. The molecule has 0 aromatic heterocycles. The van der Waals surface area contributed by atoms with Crippen LogP contribution in [0.3, 0.4) is 0 Å². The van der Waals surface area contributed by atoms with E-state index in [-0.39, 0.29) is 12.4 Å². The van der Waals surface area contributed by atoms with Gasteiger partial charge < -0.3 is 10.5 Å². The Morgan fingerprint density at radius 1 is 1.14 bits per heavy atom. The zero-order chi connectivity index (χ0) is 15.2. The van der Waals surface area contributed by atoms with Crippen LogP contribution >= 0.6 is 0 Å². The van der Waals surface area contributed by atoms with Crippen molar-refractivity contribution in [1.29, 1.82) is 0 Å². The molecule has 3 heteroatoms. The summed E-state index contributed by atoms with van der Waals surface area (Å²) in [7, 11) is 0. The molecule has 0 fully saturated rings. The lowest BCUT2D eigenvalue weighted by atomic mass is 9.99. The van der Waals surface area contributed by atoms with E-state index in [9.17, 15) is 4.39 Å². The molecule has 2 aromatic carbocycles. The molecule has 21 heavy (non-hydrogen) atoms. The Labute approximate surface area is 125 Å². The van der Waals surface area contributed by atoms with E-state index in [0.29, 0.717) is 18.1 Å². The second-order valence-corrected chi connectivity index (χ2v) is 5.30. The van der Waals surface area contributed by atoms with Crippen LogP contribution in [0.4, 0.5) is 4.39 Å². The van der Waals surface area contributed by atoms with Gasteiger partial charge in [0, 0.05) is 12.1 Å². The minimum atomic E-state index is -0.265. The van der Waals surface area contributed by atoms with Crippen molar-refractivity contribution in [3.63, 3.8) is 0 Å². The second-order valence-electron chi connectivity index (χ2n) is 5.30. The van der Waals surface area contributed by atoms with E-state index >= 15 is 0 Å². The largest absolute Gasteiger partial charge is 0.489 e. The molecular weight excluding hydrogens is 265 g/mol. The van der Waals surface area contributed by atoms with E-state index in [4.69, 9.17) is 10.5 Å². The molecule has 0 spiro atoms. The summed E-state index contributed by atoms with van der Waals surface area (Å²) in [5, 5.41) is 0. The van der Waals surface area contributed by atoms with Crippen molar-refractivity contribution in [3.8, 4) is 5.75 Å². The van der Waals surface area contributed by atoms with Crippen LogP contribution in [-0.2, 0) is 13.2 Å². The van der Waals surface area contributed by atoms with Gasteiger partial charge >= 0.3 is 0 Å². The van der Waals surface area contributed by atoms with E-state index in [1.807, 2.05) is 12.1 Å². The fourth-order valence-corrected chi connectivity index (χ4v) is 2.17. The minimum Gasteiger partial charge on any atom is -0.489 e. The van der Waals surface area contributed by atoms with Crippen molar-refractivity contribution in [3.05, 3.63) is 65.0 Å². The number of hydrogen-bond donors (Lipinski definition) is 1. The van der Waals surface area contributed by atoms with Gasteiger partial charge in [-0.1, -0.05) is 32.0 Å². The summed E-state index contributed by atoms with van der Waals surface area (Å²) in [6.45, 7) is 5.00. The summed E-state index contributed by atoms with van der Waals surface area (Å²) < 4.78 is 19.1. The lowest BCUT2D eigenvalue weighted by Gasteiger charge is -2.11. The van der Waals surface area contributed by atoms with Gasteiger partial charge in [0.2, 0.25) is 0 Å². The Bertz CT molecular complexity index is 580. The van der Waals surface area contributed by atoms with Crippen LogP contribution in [-0.4, -0.2) is 0 Å². The summed E-state index contributed by atoms with van der Waals surface area (Å²) in [6.07, 6.45) is 1.12. The first-order valence-corrected chi connectivity index (χ1v) is 7.34. The van der Waals surface area contributed by atoms with Crippen LogP contribution in [0.15, 0.2) is 42.5 Å². The Kier molecular flexibility index (Phi) is 5.34. The van der Waals surface area contributed by atoms with Crippen molar-refractivity contribution >= 4 is 0 Å². The van der Waals surface area contributed by atoms with Crippen molar-refractivity contribution in [2.75, 3.05) is 0 Å². The molecule has 0 radical (unpaired) electrons. The predicted octanol–water partition coefficient (Wildman–Crippen LogP) is 4.38. The molecule has 2 N–H and O–H groups in total. The Morgan fingerprint density at radius 3 is 2.48 bits per heavy atom. The van der Waals surface area contributed by atoms with Gasteiger partial charge in [0.15, 0.2) is 0 Å². The highest BCUT2D eigenvalue weighted by atomic mass is 19.1. The van der Waals surface area contributed by atoms with Gasteiger partial charge in [0.25, 0.3) is 0 Å². The van der Waals surface area contributed by atoms with E-state index in [1.165, 1.54) is 11.6 Å². The average molecular weight is 287 g/mol. The van der Waals surface area contributed by atoms with Crippen LogP contribution in [0, 0.1) is 5.82 Å². The third-order valence-electron chi connectivity index (χ3n) is 3.80. The van der Waals surface area contributed by atoms with Crippen molar-refractivity contribution in [2.45, 2.75) is 39.3 Å². The summed E-state index contributed by atoms with van der Waals surface area (Å²) in [5.41, 5.74) is 8.26. The fourth-order valence-electron chi connectivity index (χ4n) is 2.17. The topological polar surface area (TPSA) is 35.2 Å². The number of rotatable bonds is 6. The third kappa shape index (κ3) is 4.05. The van der Waals surface area contributed by atoms with Crippen LogP contribution < -0.4 is 10.5 Å². The molecule has 0 heterocycles. The zero-order valence-electron chi connectivity index (χ0n) is 12.6. The number of nitrogens with two attached hydrogens (primary N) is 1. The van der Waals surface area contributed by atoms with Gasteiger partial charge in [-0.15, -0.1) is 0 Å². The molecule has 1 atom stereocenters. The van der Waals surface area contributed by atoms with Gasteiger partial charge in [-0.25, -0.2) is 4.39 Å². The van der Waals surface area contributed by atoms with Crippen LogP contribution in [0.1, 0.15) is 42.9 Å². The molecule has 2 rings (SSSR count). The highest BCUT2D eigenvalue weighted by molar-refractivity contribution is 5.30. The maximum atomic E-state index is 13.4. The first-order chi connectivity index (χ1) is 10.1.